The molecule has 0 saturated heterocycles. The molecule has 0 aliphatic carbocycles. The lowest BCUT2D eigenvalue weighted by atomic mass is 10.1. The van der Waals surface area contributed by atoms with Gasteiger partial charge in [0.1, 0.15) is 5.82 Å². The molecule has 2 N–H and O–H groups in total. The van der Waals surface area contributed by atoms with Crippen molar-refractivity contribution in [2.75, 3.05) is 31.8 Å². The Labute approximate surface area is 124 Å². The Bertz CT molecular complexity index is 627. The summed E-state index contributed by atoms with van der Waals surface area (Å²) in [6.07, 6.45) is 1.69. The van der Waals surface area contributed by atoms with E-state index in [4.69, 9.17) is 0 Å². The van der Waals surface area contributed by atoms with Gasteiger partial charge in [-0.1, -0.05) is 12.1 Å². The fraction of sp³-hybridized carbons (Fsp3) is 0.267. The van der Waals surface area contributed by atoms with Gasteiger partial charge in [-0.2, -0.15) is 4.98 Å². The molecule has 0 aliphatic heterocycles. The summed E-state index contributed by atoms with van der Waals surface area (Å²) in [5.41, 5.74) is 1.67. The molecule has 0 atom stereocenters. The molecular formula is C15H19N5O. The fourth-order valence-corrected chi connectivity index (χ4v) is 1.84. The normalized spacial score (nSPS) is 10.0. The Morgan fingerprint density at radius 1 is 1.29 bits per heavy atom. The highest BCUT2D eigenvalue weighted by Crippen LogP contribution is 2.10. The predicted octanol–water partition coefficient (Wildman–Crippen LogP) is 1.83. The van der Waals surface area contributed by atoms with Gasteiger partial charge in [0.2, 0.25) is 5.95 Å². The molecular weight excluding hydrogens is 266 g/mol. The van der Waals surface area contributed by atoms with Crippen molar-refractivity contribution in [2.24, 2.45) is 0 Å². The number of amides is 1. The van der Waals surface area contributed by atoms with Crippen molar-refractivity contribution in [3.8, 4) is 0 Å². The second-order valence-corrected chi connectivity index (χ2v) is 4.77. The molecule has 0 bridgehead atoms. The highest BCUT2D eigenvalue weighted by molar-refractivity contribution is 5.94. The van der Waals surface area contributed by atoms with Crippen molar-refractivity contribution >= 4 is 17.7 Å². The van der Waals surface area contributed by atoms with E-state index >= 15 is 0 Å². The van der Waals surface area contributed by atoms with Gasteiger partial charge < -0.3 is 15.5 Å². The number of anilines is 2. The van der Waals surface area contributed by atoms with Crippen LogP contribution in [-0.4, -0.2) is 41.9 Å². The molecule has 2 aromatic rings. The van der Waals surface area contributed by atoms with Crippen molar-refractivity contribution < 1.29 is 4.79 Å². The van der Waals surface area contributed by atoms with Crippen LogP contribution in [0.3, 0.4) is 0 Å². The fourth-order valence-electron chi connectivity index (χ4n) is 1.84. The molecule has 6 nitrogen and oxygen atoms in total. The minimum absolute atomic E-state index is 0.00900. The summed E-state index contributed by atoms with van der Waals surface area (Å²) in [6.45, 7) is 0.557. The number of hydrogen-bond donors (Lipinski definition) is 2. The van der Waals surface area contributed by atoms with E-state index in [2.05, 4.69) is 20.6 Å². The van der Waals surface area contributed by atoms with Crippen molar-refractivity contribution in [1.29, 1.82) is 0 Å². The molecule has 1 aromatic heterocycles. The lowest BCUT2D eigenvalue weighted by Crippen LogP contribution is -2.21. The zero-order valence-electron chi connectivity index (χ0n) is 12.4. The van der Waals surface area contributed by atoms with E-state index in [1.807, 2.05) is 31.3 Å². The Hall–Kier alpha value is -2.63. The number of hydrogen-bond acceptors (Lipinski definition) is 5. The van der Waals surface area contributed by atoms with Crippen LogP contribution in [0.1, 0.15) is 15.9 Å². The second-order valence-electron chi connectivity index (χ2n) is 4.77. The van der Waals surface area contributed by atoms with Gasteiger partial charge in [-0.05, 0) is 23.8 Å². The molecule has 1 aromatic carbocycles. The molecule has 6 heteroatoms. The predicted molar refractivity (Wildman–Crippen MR) is 83.4 cm³/mol. The van der Waals surface area contributed by atoms with E-state index in [1.54, 1.807) is 31.3 Å². The summed E-state index contributed by atoms with van der Waals surface area (Å²) < 4.78 is 0. The lowest BCUT2D eigenvalue weighted by Gasteiger charge is -2.11. The van der Waals surface area contributed by atoms with Crippen molar-refractivity contribution in [3.63, 3.8) is 0 Å². The first-order chi connectivity index (χ1) is 10.1. The van der Waals surface area contributed by atoms with E-state index in [9.17, 15) is 4.79 Å². The van der Waals surface area contributed by atoms with Gasteiger partial charge >= 0.3 is 0 Å². The zero-order valence-corrected chi connectivity index (χ0v) is 12.4. The van der Waals surface area contributed by atoms with Crippen molar-refractivity contribution in [2.45, 2.75) is 6.54 Å². The number of carbonyl (C=O) groups is 1. The summed E-state index contributed by atoms with van der Waals surface area (Å²) >= 11 is 0. The molecule has 21 heavy (non-hydrogen) atoms. The molecule has 0 aliphatic rings. The highest BCUT2D eigenvalue weighted by Gasteiger charge is 2.08. The molecule has 1 heterocycles. The summed E-state index contributed by atoms with van der Waals surface area (Å²) in [4.78, 5) is 21.9. The highest BCUT2D eigenvalue weighted by atomic mass is 16.2. The molecule has 2 rings (SSSR count). The van der Waals surface area contributed by atoms with Gasteiger partial charge in [0, 0.05) is 39.4 Å². The van der Waals surface area contributed by atoms with E-state index in [1.165, 1.54) is 0 Å². The van der Waals surface area contributed by atoms with Crippen LogP contribution in [0.25, 0.3) is 0 Å². The molecule has 0 fully saturated rings. The van der Waals surface area contributed by atoms with Crippen molar-refractivity contribution in [3.05, 3.63) is 47.7 Å². The van der Waals surface area contributed by atoms with Crippen LogP contribution in [0.5, 0.6) is 0 Å². The average Bonchev–Trinajstić information content (AvgIpc) is 2.52. The number of benzene rings is 1. The third kappa shape index (κ3) is 3.92. The minimum Gasteiger partial charge on any atom is -0.373 e. The second kappa shape index (κ2) is 6.69. The van der Waals surface area contributed by atoms with E-state index in [0.29, 0.717) is 18.1 Å². The summed E-state index contributed by atoms with van der Waals surface area (Å²) in [5, 5.41) is 6.10. The SMILES string of the molecule is CNc1ccnc(NCc2cccc(C(=O)N(C)C)c2)n1. The van der Waals surface area contributed by atoms with Crippen LogP contribution in [0.15, 0.2) is 36.5 Å². The Kier molecular flexibility index (Phi) is 4.71. The maximum Gasteiger partial charge on any atom is 0.253 e. The van der Waals surface area contributed by atoms with Gasteiger partial charge in [-0.25, -0.2) is 4.98 Å². The number of rotatable bonds is 5. The smallest absolute Gasteiger partial charge is 0.253 e. The first-order valence-corrected chi connectivity index (χ1v) is 6.65. The van der Waals surface area contributed by atoms with Crippen LogP contribution >= 0.6 is 0 Å². The van der Waals surface area contributed by atoms with Crippen LogP contribution in [0.2, 0.25) is 0 Å². The van der Waals surface area contributed by atoms with Crippen LogP contribution in [0.4, 0.5) is 11.8 Å². The molecule has 0 radical (unpaired) electrons. The van der Waals surface area contributed by atoms with Gasteiger partial charge in [0.05, 0.1) is 0 Å². The van der Waals surface area contributed by atoms with Gasteiger partial charge in [0.15, 0.2) is 0 Å². The van der Waals surface area contributed by atoms with Gasteiger partial charge in [-0.15, -0.1) is 0 Å². The van der Waals surface area contributed by atoms with E-state index < -0.39 is 0 Å². The van der Waals surface area contributed by atoms with Crippen LogP contribution < -0.4 is 10.6 Å². The summed E-state index contributed by atoms with van der Waals surface area (Å²) in [6, 6.07) is 9.31. The molecule has 0 saturated carbocycles. The van der Waals surface area contributed by atoms with Gasteiger partial charge in [0.25, 0.3) is 5.91 Å². The number of aromatic nitrogens is 2. The molecule has 110 valence electrons. The average molecular weight is 285 g/mol. The van der Waals surface area contributed by atoms with E-state index in [-0.39, 0.29) is 5.91 Å². The van der Waals surface area contributed by atoms with Crippen molar-refractivity contribution in [1.82, 2.24) is 14.9 Å². The quantitative estimate of drug-likeness (QED) is 0.877. The molecule has 1 amide bonds. The monoisotopic (exact) mass is 285 g/mol. The standard InChI is InChI=1S/C15H19N5O/c1-16-13-7-8-17-15(19-13)18-10-11-5-4-6-12(9-11)14(21)20(2)3/h4-9H,10H2,1-3H3,(H2,16,17,18,19). The van der Waals surface area contributed by atoms with Gasteiger partial charge in [-0.3, -0.25) is 4.79 Å². The number of carbonyl (C=O) groups excluding carboxylic acids is 1. The summed E-state index contributed by atoms with van der Waals surface area (Å²) in [7, 11) is 5.29. The molecule has 0 spiro atoms. The van der Waals surface area contributed by atoms with Crippen LogP contribution in [0, 0.1) is 0 Å². The lowest BCUT2D eigenvalue weighted by molar-refractivity contribution is 0.0827. The minimum atomic E-state index is -0.00900. The maximum atomic E-state index is 11.9. The first kappa shape index (κ1) is 14.8. The largest absolute Gasteiger partial charge is 0.373 e. The zero-order chi connectivity index (χ0) is 15.2. The van der Waals surface area contributed by atoms with Crippen LogP contribution in [-0.2, 0) is 6.54 Å². The maximum absolute atomic E-state index is 11.9. The third-order valence-electron chi connectivity index (χ3n) is 2.94. The number of nitrogens with zero attached hydrogens (tertiary/aromatic N) is 3. The Morgan fingerprint density at radius 3 is 2.81 bits per heavy atom. The third-order valence-corrected chi connectivity index (χ3v) is 2.94. The first-order valence-electron chi connectivity index (χ1n) is 6.65. The Morgan fingerprint density at radius 2 is 2.10 bits per heavy atom. The molecule has 0 unspecified atom stereocenters. The topological polar surface area (TPSA) is 70.2 Å². The number of nitrogens with one attached hydrogen (secondary N) is 2. The summed E-state index contributed by atoms with van der Waals surface area (Å²) in [5.74, 6) is 1.29. The van der Waals surface area contributed by atoms with E-state index in [0.717, 1.165) is 11.4 Å². The Balaban J connectivity index is 2.06.